The van der Waals surface area contributed by atoms with Crippen molar-refractivity contribution < 1.29 is 12.9 Å². The van der Waals surface area contributed by atoms with E-state index in [1.165, 1.54) is 0 Å². The number of benzene rings is 1. The average molecular weight is 170 g/mol. The molecule has 0 saturated heterocycles. The Morgan fingerprint density at radius 2 is 1.58 bits per heavy atom. The molecule has 0 radical (unpaired) electrons. The lowest BCUT2D eigenvalue weighted by Crippen LogP contribution is -2.33. The van der Waals surface area contributed by atoms with Crippen molar-refractivity contribution in [2.45, 2.75) is 0 Å². The third-order valence-corrected chi connectivity index (χ3v) is 1.40. The lowest BCUT2D eigenvalue weighted by molar-refractivity contribution is 0.501. The Labute approximate surface area is 67.7 Å². The highest BCUT2D eigenvalue weighted by molar-refractivity contribution is 6.73. The lowest BCUT2D eigenvalue weighted by atomic mass is 9.80. The quantitative estimate of drug-likeness (QED) is 0.449. The van der Waals surface area contributed by atoms with Gasteiger partial charge in [0.1, 0.15) is 0 Å². The molecule has 0 aliphatic heterocycles. The summed E-state index contributed by atoms with van der Waals surface area (Å²) in [6, 6.07) is 4.18. The van der Waals surface area contributed by atoms with Crippen LogP contribution >= 0.6 is 0 Å². The van der Waals surface area contributed by atoms with Crippen LogP contribution in [0.4, 0.5) is 18.6 Å². The van der Waals surface area contributed by atoms with Gasteiger partial charge in [-0.3, -0.25) is 0 Å². The van der Waals surface area contributed by atoms with Gasteiger partial charge in [0.25, 0.3) is 0 Å². The monoisotopic (exact) mass is 170 g/mol. The van der Waals surface area contributed by atoms with Gasteiger partial charge >= 0.3 is 6.98 Å². The number of nitrogens with zero attached hydrogens (tertiary/aromatic N) is 1. The molecule has 0 bridgehead atoms. The fourth-order valence-electron chi connectivity index (χ4n) is 0.767. The molecular weight excluding hydrogens is 166 g/mol. The van der Waals surface area contributed by atoms with Crippen LogP contribution in [0.1, 0.15) is 0 Å². The van der Waals surface area contributed by atoms with Gasteiger partial charge in [-0.25, -0.2) is 4.85 Å². The summed E-state index contributed by atoms with van der Waals surface area (Å²) in [6.45, 7) is 1.59. The maximum atomic E-state index is 12.0. The van der Waals surface area contributed by atoms with E-state index >= 15 is 0 Å². The largest absolute Gasteiger partial charge is 0.509 e. The standard InChI is InChI=1S/C7H4BF3N/c1-12-7-4-2-6(3-5-7)8(9,10)11/h2-5H/q-1. The minimum atomic E-state index is -4.93. The summed E-state index contributed by atoms with van der Waals surface area (Å²) in [5.41, 5.74) is -0.443. The van der Waals surface area contributed by atoms with Crippen molar-refractivity contribution in [1.29, 1.82) is 0 Å². The van der Waals surface area contributed by atoms with Crippen molar-refractivity contribution in [2.24, 2.45) is 0 Å². The van der Waals surface area contributed by atoms with Gasteiger partial charge in [-0.2, -0.15) is 0 Å². The van der Waals surface area contributed by atoms with E-state index in [9.17, 15) is 12.9 Å². The van der Waals surface area contributed by atoms with Gasteiger partial charge in [0.2, 0.25) is 0 Å². The second-order valence-electron chi connectivity index (χ2n) is 2.28. The zero-order chi connectivity index (χ0) is 9.19. The Morgan fingerprint density at radius 1 is 1.08 bits per heavy atom. The van der Waals surface area contributed by atoms with E-state index in [1.807, 2.05) is 0 Å². The maximum Gasteiger partial charge on any atom is 0.509 e. The van der Waals surface area contributed by atoms with Crippen LogP contribution in [0.3, 0.4) is 0 Å². The highest BCUT2D eigenvalue weighted by Crippen LogP contribution is 2.13. The molecule has 1 aromatic carbocycles. The predicted molar refractivity (Wildman–Crippen MR) is 41.4 cm³/mol. The Bertz CT molecular complexity index is 309. The third kappa shape index (κ3) is 1.79. The molecule has 0 aliphatic carbocycles. The number of hydrogen-bond donors (Lipinski definition) is 0. The smallest absolute Gasteiger partial charge is 0.445 e. The van der Waals surface area contributed by atoms with Gasteiger partial charge in [0.05, 0.1) is 6.57 Å². The highest BCUT2D eigenvalue weighted by atomic mass is 19.4. The Hall–Kier alpha value is -1.44. The highest BCUT2D eigenvalue weighted by Gasteiger charge is 2.24. The van der Waals surface area contributed by atoms with E-state index in [-0.39, 0.29) is 5.69 Å². The summed E-state index contributed by atoms with van der Waals surface area (Å²) in [6.07, 6.45) is 0. The van der Waals surface area contributed by atoms with Crippen molar-refractivity contribution >= 4 is 18.1 Å². The zero-order valence-corrected chi connectivity index (χ0v) is 5.97. The van der Waals surface area contributed by atoms with Crippen LogP contribution in [0.25, 0.3) is 4.85 Å². The fourth-order valence-corrected chi connectivity index (χ4v) is 0.767. The summed E-state index contributed by atoms with van der Waals surface area (Å²) < 4.78 is 36.0. The summed E-state index contributed by atoms with van der Waals surface area (Å²) in [7, 11) is 0. The normalized spacial score (nSPS) is 10.8. The van der Waals surface area contributed by atoms with Gasteiger partial charge in [0, 0.05) is 0 Å². The molecule has 1 aromatic rings. The molecule has 1 rings (SSSR count). The van der Waals surface area contributed by atoms with Crippen LogP contribution in [-0.2, 0) is 0 Å². The van der Waals surface area contributed by atoms with Crippen LogP contribution in [0.2, 0.25) is 0 Å². The zero-order valence-electron chi connectivity index (χ0n) is 5.97. The van der Waals surface area contributed by atoms with Crippen molar-refractivity contribution in [2.75, 3.05) is 0 Å². The molecule has 0 heterocycles. The summed E-state index contributed by atoms with van der Waals surface area (Å²) in [5, 5.41) is 0. The van der Waals surface area contributed by atoms with Crippen LogP contribution in [0.5, 0.6) is 0 Å². The molecule has 12 heavy (non-hydrogen) atoms. The Balaban J connectivity index is 3.02. The number of halogens is 3. The molecule has 0 atom stereocenters. The minimum Gasteiger partial charge on any atom is -0.445 e. The average Bonchev–Trinajstić information content (AvgIpc) is 2.03. The first-order chi connectivity index (χ1) is 5.54. The summed E-state index contributed by atoms with van der Waals surface area (Å²) >= 11 is 0. The van der Waals surface area contributed by atoms with Crippen LogP contribution in [0.15, 0.2) is 24.3 Å². The molecule has 62 valence electrons. The topological polar surface area (TPSA) is 4.36 Å². The Morgan fingerprint density at radius 3 is 1.92 bits per heavy atom. The summed E-state index contributed by atoms with van der Waals surface area (Å²) in [4.78, 5) is 2.98. The molecule has 0 spiro atoms. The molecule has 0 unspecified atom stereocenters. The summed E-state index contributed by atoms with van der Waals surface area (Å²) in [5.74, 6) is 0. The molecule has 0 aromatic heterocycles. The number of hydrogen-bond acceptors (Lipinski definition) is 0. The molecular formula is C7H4BF3N-. The van der Waals surface area contributed by atoms with Crippen molar-refractivity contribution in [3.05, 3.63) is 35.7 Å². The first-order valence-corrected chi connectivity index (χ1v) is 3.21. The van der Waals surface area contributed by atoms with Crippen LogP contribution in [-0.4, -0.2) is 6.98 Å². The van der Waals surface area contributed by atoms with Crippen molar-refractivity contribution in [3.8, 4) is 0 Å². The van der Waals surface area contributed by atoms with Gasteiger partial charge in [-0.05, 0) is 0 Å². The minimum absolute atomic E-state index is 0.221. The van der Waals surface area contributed by atoms with Crippen LogP contribution < -0.4 is 5.46 Å². The second-order valence-corrected chi connectivity index (χ2v) is 2.28. The van der Waals surface area contributed by atoms with E-state index in [0.717, 1.165) is 24.3 Å². The maximum absolute atomic E-state index is 12.0. The molecule has 0 fully saturated rings. The molecule has 0 N–H and O–H groups in total. The Kier molecular flexibility index (Phi) is 2.09. The first-order valence-electron chi connectivity index (χ1n) is 3.21. The molecule has 0 saturated carbocycles. The molecule has 0 amide bonds. The predicted octanol–water partition coefficient (Wildman–Crippen LogP) is 2.29. The van der Waals surface area contributed by atoms with E-state index < -0.39 is 12.4 Å². The second kappa shape index (κ2) is 2.90. The third-order valence-electron chi connectivity index (χ3n) is 1.40. The molecule has 5 heteroatoms. The van der Waals surface area contributed by atoms with E-state index in [2.05, 4.69) is 4.85 Å². The van der Waals surface area contributed by atoms with E-state index in [1.54, 1.807) is 0 Å². The van der Waals surface area contributed by atoms with Gasteiger partial charge in [-0.15, -0.1) is 5.46 Å². The van der Waals surface area contributed by atoms with E-state index in [0.29, 0.717) is 0 Å². The lowest BCUT2D eigenvalue weighted by Gasteiger charge is -2.13. The fraction of sp³-hybridized carbons (Fsp3) is 0. The molecule has 1 nitrogen and oxygen atoms in total. The first kappa shape index (κ1) is 8.66. The van der Waals surface area contributed by atoms with Gasteiger partial charge in [0.15, 0.2) is 5.69 Å². The SMILES string of the molecule is [C-]#[N+]c1ccc([B-](F)(F)F)cc1. The van der Waals surface area contributed by atoms with Crippen LogP contribution in [0, 0.1) is 6.57 Å². The van der Waals surface area contributed by atoms with E-state index in [4.69, 9.17) is 6.57 Å². The van der Waals surface area contributed by atoms with Crippen molar-refractivity contribution in [1.82, 2.24) is 0 Å². The van der Waals surface area contributed by atoms with Gasteiger partial charge in [-0.1, -0.05) is 24.3 Å². The van der Waals surface area contributed by atoms with Crippen molar-refractivity contribution in [3.63, 3.8) is 0 Å². The molecule has 0 aliphatic rings. The number of rotatable bonds is 1. The van der Waals surface area contributed by atoms with Gasteiger partial charge < -0.3 is 12.9 Å².